The van der Waals surface area contributed by atoms with Gasteiger partial charge in [0.2, 0.25) is 5.91 Å². The second-order valence-corrected chi connectivity index (χ2v) is 10.7. The van der Waals surface area contributed by atoms with Crippen LogP contribution in [0.4, 0.5) is 4.79 Å². The molecule has 2 aliphatic rings. The molecule has 0 radical (unpaired) electrons. The van der Waals surface area contributed by atoms with Crippen molar-refractivity contribution in [3.8, 4) is 11.1 Å². The highest BCUT2D eigenvalue weighted by Crippen LogP contribution is 2.44. The van der Waals surface area contributed by atoms with Crippen LogP contribution in [0.3, 0.4) is 0 Å². The van der Waals surface area contributed by atoms with E-state index in [2.05, 4.69) is 22.8 Å². The van der Waals surface area contributed by atoms with Crippen LogP contribution in [0.5, 0.6) is 0 Å². The third-order valence-corrected chi connectivity index (χ3v) is 7.21. The number of hydrogen-bond acceptors (Lipinski definition) is 4. The van der Waals surface area contributed by atoms with Gasteiger partial charge >= 0.3 is 12.1 Å². The molecule has 7 nitrogen and oxygen atoms in total. The minimum atomic E-state index is -1.29. The van der Waals surface area contributed by atoms with E-state index in [0.717, 1.165) is 41.5 Å². The van der Waals surface area contributed by atoms with E-state index in [1.807, 2.05) is 57.2 Å². The number of carbonyl (C=O) groups is 3. The lowest BCUT2D eigenvalue weighted by atomic mass is 9.80. The van der Waals surface area contributed by atoms with Crippen molar-refractivity contribution >= 4 is 18.0 Å². The van der Waals surface area contributed by atoms with Gasteiger partial charge in [0, 0.05) is 5.92 Å². The minimum Gasteiger partial charge on any atom is -0.480 e. The number of amides is 2. The normalized spacial score (nSPS) is 17.6. The predicted molar refractivity (Wildman–Crippen MR) is 133 cm³/mol. The van der Waals surface area contributed by atoms with Gasteiger partial charge in [-0.25, -0.2) is 9.59 Å². The van der Waals surface area contributed by atoms with Gasteiger partial charge in [-0.05, 0) is 40.5 Å². The second kappa shape index (κ2) is 9.72. The third kappa shape index (κ3) is 5.04. The Hall–Kier alpha value is -3.35. The number of benzene rings is 2. The van der Waals surface area contributed by atoms with E-state index < -0.39 is 35.0 Å². The van der Waals surface area contributed by atoms with Crippen molar-refractivity contribution in [1.29, 1.82) is 0 Å². The smallest absolute Gasteiger partial charge is 0.407 e. The van der Waals surface area contributed by atoms with E-state index in [9.17, 15) is 19.5 Å². The van der Waals surface area contributed by atoms with Crippen LogP contribution in [0.15, 0.2) is 48.5 Å². The zero-order chi connectivity index (χ0) is 25.2. The van der Waals surface area contributed by atoms with Crippen LogP contribution in [-0.2, 0) is 14.3 Å². The van der Waals surface area contributed by atoms with Crippen LogP contribution in [0.2, 0.25) is 0 Å². The summed E-state index contributed by atoms with van der Waals surface area (Å²) in [5.41, 5.74) is 2.54. The summed E-state index contributed by atoms with van der Waals surface area (Å²) in [6, 6.07) is 15.2. The molecule has 2 aliphatic carbocycles. The molecule has 0 saturated heterocycles. The Morgan fingerprint density at radius 2 is 1.51 bits per heavy atom. The van der Waals surface area contributed by atoms with Crippen molar-refractivity contribution in [3.05, 3.63) is 59.7 Å². The molecule has 0 spiro atoms. The van der Waals surface area contributed by atoms with Gasteiger partial charge in [-0.15, -0.1) is 0 Å². The molecule has 0 heterocycles. The summed E-state index contributed by atoms with van der Waals surface area (Å²) in [5, 5.41) is 15.3. The lowest BCUT2D eigenvalue weighted by molar-refractivity contribution is -0.150. The van der Waals surface area contributed by atoms with Crippen molar-refractivity contribution in [3.63, 3.8) is 0 Å². The molecule has 186 valence electrons. The highest BCUT2D eigenvalue weighted by molar-refractivity contribution is 5.92. The van der Waals surface area contributed by atoms with Gasteiger partial charge in [0.25, 0.3) is 0 Å². The fourth-order valence-electron chi connectivity index (χ4n) is 5.29. The zero-order valence-corrected chi connectivity index (χ0v) is 20.6. The summed E-state index contributed by atoms with van der Waals surface area (Å²) >= 11 is 0. The van der Waals surface area contributed by atoms with Crippen LogP contribution in [-0.4, -0.2) is 41.3 Å². The number of rotatable bonds is 6. The Bertz CT molecular complexity index is 1070. The lowest BCUT2D eigenvalue weighted by Crippen LogP contribution is -2.62. The zero-order valence-electron chi connectivity index (χ0n) is 20.6. The summed E-state index contributed by atoms with van der Waals surface area (Å²) in [4.78, 5) is 38.1. The first-order chi connectivity index (χ1) is 16.6. The predicted octanol–water partition coefficient (Wildman–Crippen LogP) is 4.84. The summed E-state index contributed by atoms with van der Waals surface area (Å²) in [6.45, 7) is 5.62. The van der Waals surface area contributed by atoms with Gasteiger partial charge in [-0.2, -0.15) is 0 Å². The van der Waals surface area contributed by atoms with Crippen molar-refractivity contribution in [2.45, 2.75) is 70.4 Å². The first-order valence-electron chi connectivity index (χ1n) is 12.3. The largest absolute Gasteiger partial charge is 0.480 e. The molecule has 0 aromatic heterocycles. The van der Waals surface area contributed by atoms with Crippen LogP contribution < -0.4 is 10.6 Å². The van der Waals surface area contributed by atoms with E-state index in [-0.39, 0.29) is 12.5 Å². The number of nitrogens with one attached hydrogen (secondary N) is 2. The van der Waals surface area contributed by atoms with Crippen LogP contribution in [0.1, 0.15) is 69.9 Å². The number of alkyl carbamates (subject to hydrolysis) is 1. The first-order valence-corrected chi connectivity index (χ1v) is 12.3. The summed E-state index contributed by atoms with van der Waals surface area (Å²) < 4.78 is 5.63. The van der Waals surface area contributed by atoms with Gasteiger partial charge in [0.05, 0.1) is 0 Å². The van der Waals surface area contributed by atoms with E-state index >= 15 is 0 Å². The summed E-state index contributed by atoms with van der Waals surface area (Å²) in [7, 11) is 0. The molecule has 1 saturated carbocycles. The van der Waals surface area contributed by atoms with Crippen LogP contribution in [0.25, 0.3) is 11.1 Å². The molecule has 1 fully saturated rings. The van der Waals surface area contributed by atoms with Crippen LogP contribution >= 0.6 is 0 Å². The van der Waals surface area contributed by atoms with E-state index in [1.165, 1.54) is 0 Å². The Balaban J connectivity index is 1.45. The first kappa shape index (κ1) is 24.8. The molecule has 7 heteroatoms. The molecule has 1 atom stereocenters. The highest BCUT2D eigenvalue weighted by Gasteiger charge is 2.44. The number of ether oxygens (including phenoxy) is 1. The Kier molecular flexibility index (Phi) is 6.88. The number of carboxylic acids is 1. The standard InChI is InChI=1S/C28H34N2O5/c1-27(2,3)23(24(31)30-28(25(32)33)15-9-4-10-16-28)29-26(34)35-17-22-20-13-7-5-11-18(20)19-12-6-8-14-21(19)22/h5-8,11-14,22-23H,4,9-10,15-17H2,1-3H3,(H,29,34)(H,30,31)(H,32,33)/t23-/m0/s1. The topological polar surface area (TPSA) is 105 Å². The molecule has 0 unspecified atom stereocenters. The van der Waals surface area contributed by atoms with Crippen LogP contribution in [0, 0.1) is 5.41 Å². The Morgan fingerprint density at radius 1 is 0.971 bits per heavy atom. The molecule has 0 aliphatic heterocycles. The molecule has 2 aromatic rings. The molecule has 3 N–H and O–H groups in total. The maximum Gasteiger partial charge on any atom is 0.407 e. The fraction of sp³-hybridized carbons (Fsp3) is 0.464. The Morgan fingerprint density at radius 3 is 2.03 bits per heavy atom. The number of fused-ring (bicyclic) bond motifs is 3. The molecule has 35 heavy (non-hydrogen) atoms. The summed E-state index contributed by atoms with van der Waals surface area (Å²) in [5.74, 6) is -1.62. The van der Waals surface area contributed by atoms with Gasteiger partial charge in [-0.3, -0.25) is 4.79 Å². The van der Waals surface area contributed by atoms with Crippen molar-refractivity contribution < 1.29 is 24.2 Å². The molecule has 2 amide bonds. The average molecular weight is 479 g/mol. The number of aliphatic carboxylic acids is 1. The maximum atomic E-state index is 13.2. The number of carboxylic acid groups (broad SMARTS) is 1. The molecular weight excluding hydrogens is 444 g/mol. The summed E-state index contributed by atoms with van der Waals surface area (Å²) in [6.07, 6.45) is 2.51. The quantitative estimate of drug-likeness (QED) is 0.551. The third-order valence-electron chi connectivity index (χ3n) is 7.21. The van der Waals surface area contributed by atoms with E-state index in [1.54, 1.807) is 0 Å². The van der Waals surface area contributed by atoms with Crippen molar-refractivity contribution in [2.75, 3.05) is 6.61 Å². The van der Waals surface area contributed by atoms with E-state index in [0.29, 0.717) is 12.8 Å². The number of carbonyl (C=O) groups excluding carboxylic acids is 2. The Labute approximate surface area is 206 Å². The molecule has 4 rings (SSSR count). The van der Waals surface area contributed by atoms with Crippen molar-refractivity contribution in [2.24, 2.45) is 5.41 Å². The highest BCUT2D eigenvalue weighted by atomic mass is 16.5. The lowest BCUT2D eigenvalue weighted by Gasteiger charge is -2.37. The monoisotopic (exact) mass is 478 g/mol. The van der Waals surface area contributed by atoms with Gasteiger partial charge in [0.1, 0.15) is 18.2 Å². The minimum absolute atomic E-state index is 0.0902. The second-order valence-electron chi connectivity index (χ2n) is 10.7. The van der Waals surface area contributed by atoms with Gasteiger partial charge < -0.3 is 20.5 Å². The average Bonchev–Trinajstić information content (AvgIpc) is 3.14. The molecule has 0 bridgehead atoms. The van der Waals surface area contributed by atoms with E-state index in [4.69, 9.17) is 4.74 Å². The molecule has 2 aromatic carbocycles. The maximum absolute atomic E-state index is 13.2. The number of hydrogen-bond donors (Lipinski definition) is 3. The SMILES string of the molecule is CC(C)(C)[C@@H](NC(=O)OCC1c2ccccc2-c2ccccc21)C(=O)NC1(C(=O)O)CCCCC1. The van der Waals surface area contributed by atoms with Gasteiger partial charge in [-0.1, -0.05) is 88.6 Å². The van der Waals surface area contributed by atoms with Crippen molar-refractivity contribution in [1.82, 2.24) is 10.6 Å². The van der Waals surface area contributed by atoms with Gasteiger partial charge in [0.15, 0.2) is 0 Å². The fourth-order valence-corrected chi connectivity index (χ4v) is 5.29. The molecular formula is C28H34N2O5.